The Balaban J connectivity index is 1.89. The Labute approximate surface area is 179 Å². The number of likely N-dealkylation sites (N-methyl/N-ethyl adjacent to an activating group) is 1. The fourth-order valence-electron chi connectivity index (χ4n) is 4.20. The Morgan fingerprint density at radius 3 is 2.62 bits per heavy atom. The van der Waals surface area contributed by atoms with Crippen molar-refractivity contribution < 1.29 is 4.79 Å². The molecular formula is C21H24N4O2S2. The van der Waals surface area contributed by atoms with E-state index >= 15 is 0 Å². The summed E-state index contributed by atoms with van der Waals surface area (Å²) < 4.78 is 2.06. The van der Waals surface area contributed by atoms with Crippen LogP contribution in [0.4, 0.5) is 5.82 Å². The van der Waals surface area contributed by atoms with Crippen LogP contribution in [-0.4, -0.2) is 44.1 Å². The number of hydrogen-bond acceptors (Lipinski definition) is 6. The van der Waals surface area contributed by atoms with E-state index in [4.69, 9.17) is 17.2 Å². The minimum Gasteiger partial charge on any atom is -0.355 e. The van der Waals surface area contributed by atoms with Gasteiger partial charge in [0, 0.05) is 25.8 Å². The number of aromatic nitrogens is 2. The van der Waals surface area contributed by atoms with Crippen molar-refractivity contribution in [2.75, 3.05) is 24.5 Å². The number of piperidine rings is 1. The van der Waals surface area contributed by atoms with Gasteiger partial charge in [0.1, 0.15) is 15.8 Å². The summed E-state index contributed by atoms with van der Waals surface area (Å²) in [4.78, 5) is 35.2. The number of thiocarbonyl (C=S) groups is 1. The van der Waals surface area contributed by atoms with Gasteiger partial charge in [0.05, 0.1) is 10.5 Å². The van der Waals surface area contributed by atoms with E-state index in [0.717, 1.165) is 19.5 Å². The molecule has 2 aliphatic heterocycles. The summed E-state index contributed by atoms with van der Waals surface area (Å²) in [5, 5.41) is 0. The third-order valence-electron chi connectivity index (χ3n) is 5.38. The van der Waals surface area contributed by atoms with E-state index in [9.17, 15) is 9.59 Å². The average Bonchev–Trinajstić information content (AvgIpc) is 2.95. The Kier molecular flexibility index (Phi) is 5.48. The molecule has 0 N–H and O–H groups in total. The van der Waals surface area contributed by atoms with Gasteiger partial charge in [0.2, 0.25) is 0 Å². The number of rotatable bonds is 3. The summed E-state index contributed by atoms with van der Waals surface area (Å²) in [7, 11) is 0. The van der Waals surface area contributed by atoms with Crippen molar-refractivity contribution in [3.05, 3.63) is 45.2 Å². The molecule has 2 aromatic rings. The second-order valence-corrected chi connectivity index (χ2v) is 9.54. The fraction of sp³-hybridized carbons (Fsp3) is 0.429. The largest absolute Gasteiger partial charge is 0.355 e. The maximum Gasteiger partial charge on any atom is 0.267 e. The molecular weight excluding hydrogens is 404 g/mol. The van der Waals surface area contributed by atoms with E-state index in [1.54, 1.807) is 23.2 Å². The topological polar surface area (TPSA) is 57.9 Å². The van der Waals surface area contributed by atoms with E-state index in [0.29, 0.717) is 44.6 Å². The van der Waals surface area contributed by atoms with Gasteiger partial charge in [0.15, 0.2) is 0 Å². The van der Waals surface area contributed by atoms with Crippen LogP contribution in [0, 0.1) is 11.8 Å². The van der Waals surface area contributed by atoms with Crippen molar-refractivity contribution in [1.29, 1.82) is 0 Å². The van der Waals surface area contributed by atoms with Crippen LogP contribution in [0.5, 0.6) is 0 Å². The number of carbonyl (C=O) groups excluding carboxylic acids is 1. The molecule has 4 rings (SSSR count). The Morgan fingerprint density at radius 2 is 1.97 bits per heavy atom. The number of hydrogen-bond donors (Lipinski definition) is 0. The standard InChI is InChI=1S/C21H24N4O2S2/c1-4-24-20(27)16(29-21(24)28)10-15-18(23-11-13(2)9-14(3)12-23)22-17-7-5-6-8-25(17)19(15)26/h5-8,10,13-14H,4,9,11-12H2,1-3H3/b16-10-/t13-,14-/m0/s1. The lowest BCUT2D eigenvalue weighted by atomic mass is 9.91. The van der Waals surface area contributed by atoms with Crippen LogP contribution in [0.25, 0.3) is 11.7 Å². The first-order valence-corrected chi connectivity index (χ1v) is 11.1. The summed E-state index contributed by atoms with van der Waals surface area (Å²) in [6, 6.07) is 5.52. The van der Waals surface area contributed by atoms with Gasteiger partial charge in [-0.05, 0) is 43.4 Å². The van der Waals surface area contributed by atoms with Gasteiger partial charge >= 0.3 is 0 Å². The maximum atomic E-state index is 13.4. The highest BCUT2D eigenvalue weighted by Crippen LogP contribution is 2.34. The number of amides is 1. The summed E-state index contributed by atoms with van der Waals surface area (Å²) in [6.45, 7) is 8.55. The molecule has 0 saturated carbocycles. The van der Waals surface area contributed by atoms with E-state index in [2.05, 4.69) is 18.7 Å². The van der Waals surface area contributed by atoms with Gasteiger partial charge in [-0.25, -0.2) is 4.98 Å². The smallest absolute Gasteiger partial charge is 0.267 e. The fourth-order valence-corrected chi connectivity index (χ4v) is 5.56. The molecule has 0 aliphatic carbocycles. The third kappa shape index (κ3) is 3.71. The summed E-state index contributed by atoms with van der Waals surface area (Å²) in [5.74, 6) is 1.54. The highest BCUT2D eigenvalue weighted by atomic mass is 32.2. The number of pyridine rings is 1. The quantitative estimate of drug-likeness (QED) is 0.552. The van der Waals surface area contributed by atoms with E-state index < -0.39 is 0 Å². The first-order valence-electron chi connectivity index (χ1n) is 9.90. The predicted octanol–water partition coefficient (Wildman–Crippen LogP) is 3.40. The van der Waals surface area contributed by atoms with Crippen molar-refractivity contribution in [2.24, 2.45) is 11.8 Å². The van der Waals surface area contributed by atoms with Crippen LogP contribution < -0.4 is 10.5 Å². The van der Waals surface area contributed by atoms with Gasteiger partial charge in [-0.3, -0.25) is 18.9 Å². The molecule has 6 nitrogen and oxygen atoms in total. The van der Waals surface area contributed by atoms with E-state index in [1.165, 1.54) is 16.2 Å². The van der Waals surface area contributed by atoms with Crippen molar-refractivity contribution in [1.82, 2.24) is 14.3 Å². The van der Waals surface area contributed by atoms with Crippen molar-refractivity contribution in [3.8, 4) is 0 Å². The lowest BCUT2D eigenvalue weighted by Gasteiger charge is -2.36. The molecule has 1 amide bonds. The molecule has 4 heterocycles. The summed E-state index contributed by atoms with van der Waals surface area (Å²) in [6.07, 6.45) is 4.56. The van der Waals surface area contributed by atoms with Gasteiger partial charge in [0.25, 0.3) is 11.5 Å². The SMILES string of the molecule is CCN1C(=O)/C(=C/c2c(N3C[C@@H](C)C[C@H](C)C3)nc3ccccn3c2=O)SC1=S. The van der Waals surface area contributed by atoms with Crippen molar-refractivity contribution in [2.45, 2.75) is 27.2 Å². The lowest BCUT2D eigenvalue weighted by Crippen LogP contribution is -2.40. The van der Waals surface area contributed by atoms with Crippen LogP contribution >= 0.6 is 24.0 Å². The van der Waals surface area contributed by atoms with Gasteiger partial charge in [-0.15, -0.1) is 0 Å². The van der Waals surface area contributed by atoms with E-state index in [-0.39, 0.29) is 11.5 Å². The number of fused-ring (bicyclic) bond motifs is 1. The zero-order chi connectivity index (χ0) is 20.7. The lowest BCUT2D eigenvalue weighted by molar-refractivity contribution is -0.121. The van der Waals surface area contributed by atoms with Gasteiger partial charge in [-0.1, -0.05) is 43.9 Å². The number of anilines is 1. The second-order valence-electron chi connectivity index (χ2n) is 7.86. The van der Waals surface area contributed by atoms with Gasteiger partial charge in [-0.2, -0.15) is 0 Å². The first-order chi connectivity index (χ1) is 13.9. The van der Waals surface area contributed by atoms with Crippen LogP contribution in [0.2, 0.25) is 0 Å². The highest BCUT2D eigenvalue weighted by molar-refractivity contribution is 8.26. The monoisotopic (exact) mass is 428 g/mol. The number of nitrogens with zero attached hydrogens (tertiary/aromatic N) is 4. The minimum absolute atomic E-state index is 0.147. The Morgan fingerprint density at radius 1 is 1.24 bits per heavy atom. The number of thioether (sulfide) groups is 1. The molecule has 0 aromatic carbocycles. The zero-order valence-electron chi connectivity index (χ0n) is 16.8. The van der Waals surface area contributed by atoms with Crippen molar-refractivity contribution in [3.63, 3.8) is 0 Å². The zero-order valence-corrected chi connectivity index (χ0v) is 18.4. The molecule has 8 heteroatoms. The summed E-state index contributed by atoms with van der Waals surface area (Å²) >= 11 is 6.57. The Hall–Kier alpha value is -2.19. The highest BCUT2D eigenvalue weighted by Gasteiger charge is 2.32. The molecule has 2 fully saturated rings. The molecule has 0 bridgehead atoms. The van der Waals surface area contributed by atoms with Gasteiger partial charge < -0.3 is 4.90 Å². The normalized spacial score (nSPS) is 24.2. The predicted molar refractivity (Wildman–Crippen MR) is 122 cm³/mol. The van der Waals surface area contributed by atoms with Crippen LogP contribution in [-0.2, 0) is 4.79 Å². The maximum absolute atomic E-state index is 13.4. The molecule has 2 atom stereocenters. The molecule has 29 heavy (non-hydrogen) atoms. The van der Waals surface area contributed by atoms with Crippen LogP contribution in [0.3, 0.4) is 0 Å². The van der Waals surface area contributed by atoms with Crippen LogP contribution in [0.1, 0.15) is 32.8 Å². The van der Waals surface area contributed by atoms with E-state index in [1.807, 2.05) is 19.1 Å². The second kappa shape index (κ2) is 7.91. The molecule has 152 valence electrons. The molecule has 0 unspecified atom stereocenters. The first kappa shape index (κ1) is 20.1. The Bertz CT molecular complexity index is 1070. The number of carbonyl (C=O) groups is 1. The molecule has 2 aliphatic rings. The molecule has 0 radical (unpaired) electrons. The minimum atomic E-state index is -0.168. The summed E-state index contributed by atoms with van der Waals surface area (Å²) in [5.41, 5.74) is 0.890. The average molecular weight is 429 g/mol. The molecule has 2 saturated heterocycles. The third-order valence-corrected chi connectivity index (χ3v) is 6.76. The van der Waals surface area contributed by atoms with Crippen LogP contribution in [0.15, 0.2) is 34.1 Å². The molecule has 2 aromatic heterocycles. The van der Waals surface area contributed by atoms with Crippen molar-refractivity contribution >= 4 is 51.7 Å². The molecule has 0 spiro atoms.